The van der Waals surface area contributed by atoms with Gasteiger partial charge in [-0.2, -0.15) is 0 Å². The quantitative estimate of drug-likeness (QED) is 0.744. The Bertz CT molecular complexity index is 263. The van der Waals surface area contributed by atoms with Gasteiger partial charge in [-0.3, -0.25) is 9.59 Å². The molecule has 0 aliphatic heterocycles. The summed E-state index contributed by atoms with van der Waals surface area (Å²) in [6, 6.07) is -0.329. The minimum atomic E-state index is -0.914. The summed E-state index contributed by atoms with van der Waals surface area (Å²) in [4.78, 5) is 24.2. The third kappa shape index (κ3) is 3.81. The van der Waals surface area contributed by atoms with Gasteiger partial charge in [0.15, 0.2) is 0 Å². The van der Waals surface area contributed by atoms with Crippen molar-refractivity contribution < 1.29 is 19.4 Å². The molecule has 0 rings (SSSR count). The summed E-state index contributed by atoms with van der Waals surface area (Å²) in [6.45, 7) is 7.36. The van der Waals surface area contributed by atoms with Crippen LogP contribution in [0.25, 0.3) is 0 Å². The van der Waals surface area contributed by atoms with Gasteiger partial charge in [-0.25, -0.2) is 0 Å². The van der Waals surface area contributed by atoms with E-state index in [0.29, 0.717) is 6.54 Å². The summed E-state index contributed by atoms with van der Waals surface area (Å²) >= 11 is 0. The van der Waals surface area contributed by atoms with Crippen LogP contribution in [-0.4, -0.2) is 47.2 Å². The molecule has 0 saturated carbocycles. The molecular weight excluding hydrogens is 210 g/mol. The number of nitrogens with zero attached hydrogens (tertiary/aromatic N) is 1. The molecule has 0 bridgehead atoms. The van der Waals surface area contributed by atoms with Crippen molar-refractivity contribution in [2.75, 3.05) is 13.7 Å². The van der Waals surface area contributed by atoms with Crippen LogP contribution >= 0.6 is 0 Å². The van der Waals surface area contributed by atoms with Crippen molar-refractivity contribution in [1.29, 1.82) is 0 Å². The summed E-state index contributed by atoms with van der Waals surface area (Å²) in [5.41, 5.74) is -0.914. The second-order valence-electron chi connectivity index (χ2n) is 4.25. The number of amides is 1. The van der Waals surface area contributed by atoms with E-state index in [1.165, 1.54) is 12.0 Å². The average molecular weight is 231 g/mol. The van der Waals surface area contributed by atoms with E-state index in [4.69, 9.17) is 9.84 Å². The number of aliphatic carboxylic acids is 1. The fourth-order valence-electron chi connectivity index (χ4n) is 1.45. The topological polar surface area (TPSA) is 66.8 Å². The first-order valence-corrected chi connectivity index (χ1v) is 5.34. The summed E-state index contributed by atoms with van der Waals surface area (Å²) in [7, 11) is 1.47. The minimum absolute atomic E-state index is 0.0562. The van der Waals surface area contributed by atoms with Crippen LogP contribution < -0.4 is 0 Å². The van der Waals surface area contributed by atoms with E-state index in [1.807, 2.05) is 6.92 Å². The molecule has 5 heteroatoms. The van der Waals surface area contributed by atoms with Gasteiger partial charge < -0.3 is 14.7 Å². The van der Waals surface area contributed by atoms with Crippen molar-refractivity contribution in [3.05, 3.63) is 0 Å². The van der Waals surface area contributed by atoms with E-state index in [1.54, 1.807) is 20.8 Å². The van der Waals surface area contributed by atoms with Crippen LogP contribution in [0.3, 0.4) is 0 Å². The normalized spacial score (nSPS) is 13.3. The van der Waals surface area contributed by atoms with Gasteiger partial charge >= 0.3 is 5.97 Å². The molecule has 1 N–H and O–H groups in total. The first kappa shape index (κ1) is 14.9. The molecule has 16 heavy (non-hydrogen) atoms. The van der Waals surface area contributed by atoms with E-state index in [-0.39, 0.29) is 18.4 Å². The fraction of sp³-hybridized carbons (Fsp3) is 0.818. The highest BCUT2D eigenvalue weighted by molar-refractivity contribution is 5.85. The highest BCUT2D eigenvalue weighted by Crippen LogP contribution is 2.15. The van der Waals surface area contributed by atoms with Crippen molar-refractivity contribution in [1.82, 2.24) is 4.90 Å². The molecule has 0 aromatic carbocycles. The Hall–Kier alpha value is -1.10. The first-order chi connectivity index (χ1) is 7.26. The predicted octanol–water partition coefficient (Wildman–Crippen LogP) is 1.12. The van der Waals surface area contributed by atoms with Crippen LogP contribution in [0.15, 0.2) is 0 Å². The number of rotatable bonds is 6. The molecule has 1 unspecified atom stereocenters. The Morgan fingerprint density at radius 1 is 1.44 bits per heavy atom. The van der Waals surface area contributed by atoms with E-state index in [2.05, 4.69) is 0 Å². The van der Waals surface area contributed by atoms with Gasteiger partial charge in [-0.05, 0) is 27.7 Å². The van der Waals surface area contributed by atoms with Gasteiger partial charge in [-0.15, -0.1) is 0 Å². The summed E-state index contributed by atoms with van der Waals surface area (Å²) in [6.07, 6.45) is -0.0562. The number of methoxy groups -OCH3 is 1. The molecule has 0 aliphatic carbocycles. The first-order valence-electron chi connectivity index (χ1n) is 5.34. The van der Waals surface area contributed by atoms with E-state index < -0.39 is 11.6 Å². The zero-order chi connectivity index (χ0) is 12.9. The van der Waals surface area contributed by atoms with Gasteiger partial charge in [0.25, 0.3) is 5.91 Å². The molecule has 0 aromatic heterocycles. The van der Waals surface area contributed by atoms with Crippen molar-refractivity contribution >= 4 is 11.9 Å². The lowest BCUT2D eigenvalue weighted by Gasteiger charge is -2.33. The van der Waals surface area contributed by atoms with Gasteiger partial charge in [0.2, 0.25) is 0 Å². The summed E-state index contributed by atoms with van der Waals surface area (Å²) in [5, 5.41) is 8.70. The second-order valence-corrected chi connectivity index (χ2v) is 4.25. The maximum atomic E-state index is 12.1. The van der Waals surface area contributed by atoms with Crippen molar-refractivity contribution in [3.8, 4) is 0 Å². The Morgan fingerprint density at radius 2 is 1.94 bits per heavy atom. The van der Waals surface area contributed by atoms with Gasteiger partial charge in [0, 0.05) is 19.7 Å². The highest BCUT2D eigenvalue weighted by atomic mass is 16.5. The zero-order valence-electron chi connectivity index (χ0n) is 10.6. The fourth-order valence-corrected chi connectivity index (χ4v) is 1.45. The molecule has 1 atom stereocenters. The van der Waals surface area contributed by atoms with Crippen LogP contribution in [0.5, 0.6) is 0 Å². The monoisotopic (exact) mass is 231 g/mol. The molecule has 1 amide bonds. The number of likely N-dealkylation sites (N-methyl/N-ethyl adjacent to an activating group) is 1. The lowest BCUT2D eigenvalue weighted by atomic mass is 10.1. The summed E-state index contributed by atoms with van der Waals surface area (Å²) < 4.78 is 5.10. The maximum Gasteiger partial charge on any atom is 0.305 e. The largest absolute Gasteiger partial charge is 0.481 e. The van der Waals surface area contributed by atoms with E-state index >= 15 is 0 Å². The van der Waals surface area contributed by atoms with Gasteiger partial charge in [0.05, 0.1) is 6.42 Å². The van der Waals surface area contributed by atoms with E-state index in [9.17, 15) is 9.59 Å². The number of carbonyl (C=O) groups is 2. The van der Waals surface area contributed by atoms with Crippen LogP contribution in [0, 0.1) is 0 Å². The number of carboxylic acid groups (broad SMARTS) is 1. The Kier molecular flexibility index (Phi) is 5.44. The van der Waals surface area contributed by atoms with Crippen LogP contribution in [0.2, 0.25) is 0 Å². The third-order valence-electron chi connectivity index (χ3n) is 2.63. The van der Waals surface area contributed by atoms with Crippen molar-refractivity contribution in [2.45, 2.75) is 45.8 Å². The number of carbonyl (C=O) groups excluding carboxylic acids is 1. The molecule has 0 spiro atoms. The molecule has 94 valence electrons. The molecule has 5 nitrogen and oxygen atoms in total. The average Bonchev–Trinajstić information content (AvgIpc) is 2.17. The van der Waals surface area contributed by atoms with Gasteiger partial charge in [-0.1, -0.05) is 0 Å². The zero-order valence-corrected chi connectivity index (χ0v) is 10.6. The predicted molar refractivity (Wildman–Crippen MR) is 60.2 cm³/mol. The number of hydrogen-bond donors (Lipinski definition) is 1. The Morgan fingerprint density at radius 3 is 2.25 bits per heavy atom. The third-order valence-corrected chi connectivity index (χ3v) is 2.63. The molecule has 0 saturated heterocycles. The molecule has 0 heterocycles. The van der Waals surface area contributed by atoms with Crippen LogP contribution in [-0.2, 0) is 14.3 Å². The minimum Gasteiger partial charge on any atom is -0.481 e. The molecule has 0 radical (unpaired) electrons. The Labute approximate surface area is 96.4 Å². The SMILES string of the molecule is CCN(C(=O)C(C)(C)OC)C(C)CC(=O)O. The highest BCUT2D eigenvalue weighted by Gasteiger charge is 2.33. The summed E-state index contributed by atoms with van der Waals surface area (Å²) in [5.74, 6) is -1.10. The lowest BCUT2D eigenvalue weighted by molar-refractivity contribution is -0.154. The second kappa shape index (κ2) is 5.84. The molecule has 0 fully saturated rings. The van der Waals surface area contributed by atoms with Crippen molar-refractivity contribution in [3.63, 3.8) is 0 Å². The number of ether oxygens (including phenoxy) is 1. The lowest BCUT2D eigenvalue weighted by Crippen LogP contribution is -2.50. The van der Waals surface area contributed by atoms with Crippen LogP contribution in [0.1, 0.15) is 34.1 Å². The maximum absolute atomic E-state index is 12.1. The standard InChI is InChI=1S/C11H21NO4/c1-6-12(8(2)7-9(13)14)10(15)11(3,4)16-5/h8H,6-7H2,1-5H3,(H,13,14). The molecule has 0 aliphatic rings. The molecule has 0 aromatic rings. The van der Waals surface area contributed by atoms with Crippen molar-refractivity contribution in [2.24, 2.45) is 0 Å². The van der Waals surface area contributed by atoms with Gasteiger partial charge in [0.1, 0.15) is 5.60 Å². The Balaban J connectivity index is 4.73. The van der Waals surface area contributed by atoms with E-state index in [0.717, 1.165) is 0 Å². The number of hydrogen-bond acceptors (Lipinski definition) is 3. The van der Waals surface area contributed by atoms with Crippen LogP contribution in [0.4, 0.5) is 0 Å². The molecular formula is C11H21NO4. The number of carboxylic acids is 1. The smallest absolute Gasteiger partial charge is 0.305 e.